The van der Waals surface area contributed by atoms with Gasteiger partial charge in [0.25, 0.3) is 0 Å². The lowest BCUT2D eigenvalue weighted by Gasteiger charge is -2.16. The highest BCUT2D eigenvalue weighted by Crippen LogP contribution is 2.21. The molecule has 0 bridgehead atoms. The molecule has 1 amide bonds. The number of nitrogens with one attached hydrogen (secondary N) is 2. The highest BCUT2D eigenvalue weighted by atomic mass is 16.2. The second kappa shape index (κ2) is 8.06. The fourth-order valence-electron chi connectivity index (χ4n) is 3.22. The van der Waals surface area contributed by atoms with Crippen LogP contribution in [0.15, 0.2) is 24.5 Å². The van der Waals surface area contributed by atoms with Crippen molar-refractivity contribution in [2.75, 3.05) is 13.6 Å². The number of hydrogen-bond acceptors (Lipinski definition) is 4. The highest BCUT2D eigenvalue weighted by Gasteiger charge is 2.16. The van der Waals surface area contributed by atoms with Gasteiger partial charge >= 0.3 is 0 Å². The van der Waals surface area contributed by atoms with Crippen molar-refractivity contribution in [3.05, 3.63) is 47.0 Å². The molecule has 128 valence electrons. The number of likely N-dealkylation sites (N-methyl/N-ethyl adjacent to an activating group) is 1. The highest BCUT2D eigenvalue weighted by molar-refractivity contribution is 5.77. The number of carbonyl (C=O) groups excluding carboxylic acids is 1. The van der Waals surface area contributed by atoms with Crippen molar-refractivity contribution in [2.24, 2.45) is 0 Å². The van der Waals surface area contributed by atoms with E-state index in [0.717, 1.165) is 24.1 Å². The number of hydrogen-bond donors (Lipinski definition) is 2. The van der Waals surface area contributed by atoms with E-state index in [-0.39, 0.29) is 5.91 Å². The minimum Gasteiger partial charge on any atom is -0.349 e. The molecular formula is C18H25N5O. The summed E-state index contributed by atoms with van der Waals surface area (Å²) in [5, 5.41) is 10.5. The summed E-state index contributed by atoms with van der Waals surface area (Å²) in [6.07, 6.45) is 9.42. The monoisotopic (exact) mass is 327 g/mol. The Kier molecular flexibility index (Phi) is 5.59. The molecule has 0 fully saturated rings. The molecule has 2 aromatic rings. The van der Waals surface area contributed by atoms with Crippen LogP contribution in [0.4, 0.5) is 0 Å². The van der Waals surface area contributed by atoms with Crippen LogP contribution in [0, 0.1) is 0 Å². The van der Waals surface area contributed by atoms with E-state index in [4.69, 9.17) is 0 Å². The molecule has 0 radical (unpaired) electrons. The Hall–Kier alpha value is -2.21. The number of fused-ring (bicyclic) bond motifs is 1. The van der Waals surface area contributed by atoms with Gasteiger partial charge < -0.3 is 5.32 Å². The topological polar surface area (TPSA) is 73.9 Å². The van der Waals surface area contributed by atoms with Crippen molar-refractivity contribution >= 4 is 5.91 Å². The number of nitrogens with zero attached hydrogens (tertiary/aromatic N) is 3. The first-order valence-corrected chi connectivity index (χ1v) is 8.61. The smallest absolute Gasteiger partial charge is 0.234 e. The van der Waals surface area contributed by atoms with E-state index in [9.17, 15) is 4.79 Å². The van der Waals surface area contributed by atoms with E-state index in [1.165, 1.54) is 30.5 Å². The average Bonchev–Trinajstić information content (AvgIpc) is 2.80. The third-order valence-electron chi connectivity index (χ3n) is 4.43. The summed E-state index contributed by atoms with van der Waals surface area (Å²) in [4.78, 5) is 18.2. The predicted molar refractivity (Wildman–Crippen MR) is 92.3 cm³/mol. The van der Waals surface area contributed by atoms with E-state index < -0.39 is 0 Å². The zero-order valence-corrected chi connectivity index (χ0v) is 14.2. The molecule has 1 aliphatic rings. The minimum absolute atomic E-state index is 0.0202. The van der Waals surface area contributed by atoms with Crippen LogP contribution in [0.5, 0.6) is 0 Å². The average molecular weight is 327 g/mol. The number of aromatic nitrogens is 3. The zero-order chi connectivity index (χ0) is 16.8. The normalized spacial score (nSPS) is 14.2. The molecule has 1 aliphatic carbocycles. The van der Waals surface area contributed by atoms with Crippen LogP contribution in [0.1, 0.15) is 41.8 Å². The van der Waals surface area contributed by atoms with Gasteiger partial charge in [0.05, 0.1) is 18.8 Å². The first-order chi connectivity index (χ1) is 11.7. The molecule has 2 N–H and O–H groups in total. The quantitative estimate of drug-likeness (QED) is 0.794. The van der Waals surface area contributed by atoms with Gasteiger partial charge in [-0.1, -0.05) is 12.5 Å². The molecule has 6 nitrogen and oxygen atoms in total. The summed E-state index contributed by atoms with van der Waals surface area (Å²) in [5.74, 6) is 0.0202. The number of aromatic amines is 1. The molecule has 6 heteroatoms. The van der Waals surface area contributed by atoms with Crippen LogP contribution >= 0.6 is 0 Å². The molecule has 0 unspecified atom stereocenters. The number of carbonyl (C=O) groups is 1. The van der Waals surface area contributed by atoms with Gasteiger partial charge in [0.15, 0.2) is 0 Å². The van der Waals surface area contributed by atoms with Crippen molar-refractivity contribution in [1.82, 2.24) is 25.4 Å². The summed E-state index contributed by atoms with van der Waals surface area (Å²) < 4.78 is 0. The maximum absolute atomic E-state index is 12.2. The lowest BCUT2D eigenvalue weighted by molar-refractivity contribution is -0.122. The lowest BCUT2D eigenvalue weighted by Crippen LogP contribution is -2.34. The lowest BCUT2D eigenvalue weighted by atomic mass is 10.1. The second-order valence-corrected chi connectivity index (χ2v) is 6.50. The molecule has 0 spiro atoms. The summed E-state index contributed by atoms with van der Waals surface area (Å²) in [5.41, 5.74) is 4.67. The van der Waals surface area contributed by atoms with Crippen molar-refractivity contribution in [3.8, 4) is 0 Å². The Labute approximate surface area is 142 Å². The predicted octanol–water partition coefficient (Wildman–Crippen LogP) is 1.82. The number of pyridine rings is 1. The van der Waals surface area contributed by atoms with E-state index in [1.807, 2.05) is 30.3 Å². The van der Waals surface area contributed by atoms with Gasteiger partial charge in [-0.25, -0.2) is 0 Å². The Bertz CT molecular complexity index is 667. The SMILES string of the molecule is CN(CC(=O)NCc1n[nH]c2c1CCCCC2)Cc1cccnc1. The van der Waals surface area contributed by atoms with E-state index in [1.54, 1.807) is 6.20 Å². The molecule has 0 aromatic carbocycles. The third-order valence-corrected chi connectivity index (χ3v) is 4.43. The molecule has 3 rings (SSSR count). The zero-order valence-electron chi connectivity index (χ0n) is 14.2. The van der Waals surface area contributed by atoms with E-state index in [2.05, 4.69) is 20.5 Å². The van der Waals surface area contributed by atoms with Crippen LogP contribution < -0.4 is 5.32 Å². The Morgan fingerprint density at radius 3 is 3.04 bits per heavy atom. The van der Waals surface area contributed by atoms with Gasteiger partial charge in [0.1, 0.15) is 0 Å². The standard InChI is InChI=1S/C18H25N5O/c1-23(12-14-6-5-9-19-10-14)13-18(24)20-11-17-15-7-3-2-4-8-16(15)21-22-17/h5-6,9-10H,2-4,7-8,11-13H2,1H3,(H,20,24)(H,21,22). The van der Waals surface area contributed by atoms with Gasteiger partial charge in [0, 0.05) is 24.6 Å². The van der Waals surface area contributed by atoms with Crippen molar-refractivity contribution in [2.45, 2.75) is 45.2 Å². The Balaban J connectivity index is 1.48. The van der Waals surface area contributed by atoms with Crippen LogP contribution in [0.2, 0.25) is 0 Å². The second-order valence-electron chi connectivity index (χ2n) is 6.50. The van der Waals surface area contributed by atoms with Gasteiger partial charge in [-0.3, -0.25) is 19.8 Å². The van der Waals surface area contributed by atoms with Gasteiger partial charge in [-0.15, -0.1) is 0 Å². The molecule has 0 aliphatic heterocycles. The summed E-state index contributed by atoms with van der Waals surface area (Å²) in [7, 11) is 1.94. The molecule has 24 heavy (non-hydrogen) atoms. The molecular weight excluding hydrogens is 302 g/mol. The molecule has 2 aromatic heterocycles. The summed E-state index contributed by atoms with van der Waals surface area (Å²) in [6, 6.07) is 3.92. The fraction of sp³-hybridized carbons (Fsp3) is 0.500. The van der Waals surface area contributed by atoms with E-state index >= 15 is 0 Å². The molecule has 0 saturated heterocycles. The summed E-state index contributed by atoms with van der Waals surface area (Å²) in [6.45, 7) is 1.58. The number of H-pyrrole nitrogens is 1. The first-order valence-electron chi connectivity index (χ1n) is 8.61. The van der Waals surface area contributed by atoms with Crippen molar-refractivity contribution in [1.29, 1.82) is 0 Å². The van der Waals surface area contributed by atoms with E-state index in [0.29, 0.717) is 19.6 Å². The maximum atomic E-state index is 12.2. The van der Waals surface area contributed by atoms with Crippen molar-refractivity contribution in [3.63, 3.8) is 0 Å². The number of amides is 1. The number of rotatable bonds is 6. The Morgan fingerprint density at radius 1 is 1.33 bits per heavy atom. The van der Waals surface area contributed by atoms with Crippen LogP contribution in [0.25, 0.3) is 0 Å². The maximum Gasteiger partial charge on any atom is 0.234 e. The van der Waals surface area contributed by atoms with Crippen molar-refractivity contribution < 1.29 is 4.79 Å². The molecule has 0 atom stereocenters. The van der Waals surface area contributed by atoms with Crippen LogP contribution in [-0.2, 0) is 30.7 Å². The summed E-state index contributed by atoms with van der Waals surface area (Å²) >= 11 is 0. The molecule has 2 heterocycles. The first kappa shape index (κ1) is 16.6. The van der Waals surface area contributed by atoms with Gasteiger partial charge in [-0.05, 0) is 49.9 Å². The number of aryl methyl sites for hydroxylation is 1. The van der Waals surface area contributed by atoms with Crippen LogP contribution in [0.3, 0.4) is 0 Å². The fourth-order valence-corrected chi connectivity index (χ4v) is 3.22. The van der Waals surface area contributed by atoms with Gasteiger partial charge in [0.2, 0.25) is 5.91 Å². The Morgan fingerprint density at radius 2 is 2.21 bits per heavy atom. The molecule has 0 saturated carbocycles. The van der Waals surface area contributed by atoms with Gasteiger partial charge in [-0.2, -0.15) is 5.10 Å². The third kappa shape index (κ3) is 4.41. The minimum atomic E-state index is 0.0202. The van der Waals surface area contributed by atoms with Crippen LogP contribution in [-0.4, -0.2) is 39.6 Å². The largest absolute Gasteiger partial charge is 0.349 e.